The zero-order valence-electron chi connectivity index (χ0n) is 15.8. The van der Waals surface area contributed by atoms with E-state index in [1.807, 2.05) is 23.0 Å². The number of nitrogens with zero attached hydrogens (tertiary/aromatic N) is 5. The lowest BCUT2D eigenvalue weighted by Crippen LogP contribution is -2.43. The molecule has 28 heavy (non-hydrogen) atoms. The number of rotatable bonds is 5. The van der Waals surface area contributed by atoms with E-state index in [9.17, 15) is 9.18 Å². The molecule has 0 spiro atoms. The van der Waals surface area contributed by atoms with Crippen LogP contribution >= 0.6 is 0 Å². The van der Waals surface area contributed by atoms with Crippen LogP contribution in [0, 0.1) is 5.82 Å². The number of piperidine rings is 1. The molecule has 2 aliphatic heterocycles. The summed E-state index contributed by atoms with van der Waals surface area (Å²) in [4.78, 5) is 15.7. The molecule has 0 saturated carbocycles. The first kappa shape index (κ1) is 18.7. The van der Waals surface area contributed by atoms with Gasteiger partial charge in [-0.25, -0.2) is 13.9 Å². The van der Waals surface area contributed by atoms with Gasteiger partial charge in [0, 0.05) is 37.9 Å². The van der Waals surface area contributed by atoms with Crippen molar-refractivity contribution in [2.45, 2.75) is 37.9 Å². The molecule has 2 fully saturated rings. The average Bonchev–Trinajstić information content (AvgIpc) is 3.37. The van der Waals surface area contributed by atoms with Crippen molar-refractivity contribution < 1.29 is 9.18 Å². The molecule has 0 unspecified atom stereocenters. The van der Waals surface area contributed by atoms with Gasteiger partial charge < -0.3 is 16.0 Å². The number of hydrogen-bond donors (Lipinski definition) is 2. The third-order valence-electron chi connectivity index (χ3n) is 5.75. The highest BCUT2D eigenvalue weighted by Gasteiger charge is 2.31. The van der Waals surface area contributed by atoms with E-state index in [0.717, 1.165) is 51.1 Å². The third kappa shape index (κ3) is 4.24. The van der Waals surface area contributed by atoms with E-state index in [4.69, 9.17) is 5.73 Å². The van der Waals surface area contributed by atoms with Crippen molar-refractivity contribution >= 4 is 11.7 Å². The number of likely N-dealkylation sites (tertiary alicyclic amines) is 1. The van der Waals surface area contributed by atoms with E-state index < -0.39 is 6.03 Å². The van der Waals surface area contributed by atoms with Gasteiger partial charge >= 0.3 is 6.03 Å². The molecule has 2 amide bonds. The molecule has 1 aromatic heterocycles. The highest BCUT2D eigenvalue weighted by Crippen LogP contribution is 2.28. The number of primary amides is 1. The number of hydrogen-bond acceptors (Lipinski definition) is 5. The lowest BCUT2D eigenvalue weighted by molar-refractivity contribution is 0.138. The molecule has 1 atom stereocenters. The van der Waals surface area contributed by atoms with E-state index in [1.165, 1.54) is 12.1 Å². The van der Waals surface area contributed by atoms with Gasteiger partial charge in [0.2, 0.25) is 0 Å². The number of carbonyl (C=O) groups excluding carboxylic acids is 1. The van der Waals surface area contributed by atoms with E-state index >= 15 is 0 Å². The summed E-state index contributed by atoms with van der Waals surface area (Å²) in [5, 5.41) is 10.9. The molecule has 0 radical (unpaired) electrons. The molecule has 0 aliphatic carbocycles. The molecule has 0 bridgehead atoms. The second-order valence-corrected chi connectivity index (χ2v) is 7.54. The third-order valence-corrected chi connectivity index (χ3v) is 5.75. The van der Waals surface area contributed by atoms with Gasteiger partial charge in [0.15, 0.2) is 0 Å². The summed E-state index contributed by atoms with van der Waals surface area (Å²) in [6.07, 6.45) is 5.08. The van der Waals surface area contributed by atoms with Crippen molar-refractivity contribution in [3.63, 3.8) is 0 Å². The zero-order chi connectivity index (χ0) is 19.5. The molecule has 150 valence electrons. The minimum atomic E-state index is -0.561. The SMILES string of the molecule is NC(=O)NCc1cn(C2CCN([C@@H]3CCN(c4ccc(F)cc4)C3)CC2)nn1. The zero-order valence-corrected chi connectivity index (χ0v) is 15.8. The maximum absolute atomic E-state index is 13.1. The van der Waals surface area contributed by atoms with E-state index in [2.05, 4.69) is 25.4 Å². The van der Waals surface area contributed by atoms with Gasteiger partial charge in [0.05, 0.1) is 18.8 Å². The van der Waals surface area contributed by atoms with Crippen molar-refractivity contribution in [2.24, 2.45) is 5.73 Å². The van der Waals surface area contributed by atoms with Gasteiger partial charge in [-0.2, -0.15) is 0 Å². The van der Waals surface area contributed by atoms with E-state index in [1.54, 1.807) is 0 Å². The molecule has 8 nitrogen and oxygen atoms in total. The number of carbonyl (C=O) groups is 1. The molecule has 2 aliphatic rings. The average molecular weight is 387 g/mol. The molecule has 3 N–H and O–H groups in total. The summed E-state index contributed by atoms with van der Waals surface area (Å²) in [6, 6.07) is 7.09. The first-order chi connectivity index (χ1) is 13.6. The van der Waals surface area contributed by atoms with Crippen LogP contribution in [0.4, 0.5) is 14.9 Å². The molecular weight excluding hydrogens is 361 g/mol. The number of urea groups is 1. The standard InChI is InChI=1S/C19H26FN7O/c20-14-1-3-16(4-2-14)26-10-7-18(13-26)25-8-5-17(6-9-25)27-12-15(23-24-27)11-22-19(21)28/h1-4,12,17-18H,5-11,13H2,(H3,21,22,28)/t18-/m1/s1. The van der Waals surface area contributed by atoms with Crippen molar-refractivity contribution in [3.8, 4) is 0 Å². The molecule has 2 aromatic rings. The smallest absolute Gasteiger partial charge is 0.312 e. The molecule has 9 heteroatoms. The number of aromatic nitrogens is 3. The Balaban J connectivity index is 1.27. The first-order valence-corrected chi connectivity index (χ1v) is 9.77. The Morgan fingerprint density at radius 3 is 2.57 bits per heavy atom. The highest BCUT2D eigenvalue weighted by molar-refractivity contribution is 5.71. The summed E-state index contributed by atoms with van der Waals surface area (Å²) in [5.41, 5.74) is 6.90. The summed E-state index contributed by atoms with van der Waals surface area (Å²) < 4.78 is 15.0. The highest BCUT2D eigenvalue weighted by atomic mass is 19.1. The van der Waals surface area contributed by atoms with Crippen LogP contribution in [0.1, 0.15) is 31.0 Å². The van der Waals surface area contributed by atoms with Crippen molar-refractivity contribution in [3.05, 3.63) is 42.0 Å². The number of anilines is 1. The van der Waals surface area contributed by atoms with Crippen LogP contribution in [0.2, 0.25) is 0 Å². The lowest BCUT2D eigenvalue weighted by Gasteiger charge is -2.35. The fourth-order valence-electron chi connectivity index (χ4n) is 4.19. The summed E-state index contributed by atoms with van der Waals surface area (Å²) in [5.74, 6) is -0.191. The number of halogens is 1. The Bertz CT molecular complexity index is 801. The Hall–Kier alpha value is -2.68. The summed E-state index contributed by atoms with van der Waals surface area (Å²) in [6.45, 7) is 4.36. The summed E-state index contributed by atoms with van der Waals surface area (Å²) in [7, 11) is 0. The lowest BCUT2D eigenvalue weighted by atomic mass is 10.0. The second-order valence-electron chi connectivity index (χ2n) is 7.54. The van der Waals surface area contributed by atoms with Crippen molar-refractivity contribution in [1.82, 2.24) is 25.2 Å². The predicted molar refractivity (Wildman–Crippen MR) is 103 cm³/mol. The Morgan fingerprint density at radius 2 is 1.86 bits per heavy atom. The molecule has 3 heterocycles. The number of amides is 2. The fourth-order valence-corrected chi connectivity index (χ4v) is 4.19. The van der Waals surface area contributed by atoms with Crippen LogP contribution in [0.5, 0.6) is 0 Å². The fraction of sp³-hybridized carbons (Fsp3) is 0.526. The number of benzene rings is 1. The van der Waals surface area contributed by atoms with Gasteiger partial charge in [-0.05, 0) is 43.5 Å². The van der Waals surface area contributed by atoms with Gasteiger partial charge in [0.25, 0.3) is 0 Å². The van der Waals surface area contributed by atoms with Crippen LogP contribution in [0.15, 0.2) is 30.5 Å². The van der Waals surface area contributed by atoms with Crippen LogP contribution in [-0.4, -0.2) is 58.1 Å². The normalized spacial score (nSPS) is 21.2. The van der Waals surface area contributed by atoms with Crippen LogP contribution in [-0.2, 0) is 6.54 Å². The predicted octanol–water partition coefficient (Wildman–Crippen LogP) is 1.50. The van der Waals surface area contributed by atoms with Gasteiger partial charge in [-0.1, -0.05) is 5.21 Å². The minimum absolute atomic E-state index is 0.191. The number of nitrogens with two attached hydrogens (primary N) is 1. The topological polar surface area (TPSA) is 92.3 Å². The van der Waals surface area contributed by atoms with E-state index in [0.29, 0.717) is 24.3 Å². The maximum Gasteiger partial charge on any atom is 0.312 e. The first-order valence-electron chi connectivity index (χ1n) is 9.77. The van der Waals surface area contributed by atoms with E-state index in [-0.39, 0.29) is 5.82 Å². The largest absolute Gasteiger partial charge is 0.370 e. The minimum Gasteiger partial charge on any atom is -0.370 e. The molecule has 4 rings (SSSR count). The van der Waals surface area contributed by atoms with Gasteiger partial charge in [-0.3, -0.25) is 4.90 Å². The summed E-state index contributed by atoms with van der Waals surface area (Å²) >= 11 is 0. The Kier molecular flexibility index (Phi) is 5.43. The Labute approximate surface area is 163 Å². The molecular formula is C19H26FN7O. The second kappa shape index (κ2) is 8.14. The van der Waals surface area contributed by atoms with Crippen molar-refractivity contribution in [2.75, 3.05) is 31.1 Å². The molecule has 1 aromatic carbocycles. The Morgan fingerprint density at radius 1 is 1.14 bits per heavy atom. The van der Waals surface area contributed by atoms with Crippen molar-refractivity contribution in [1.29, 1.82) is 0 Å². The number of nitrogens with one attached hydrogen (secondary N) is 1. The van der Waals surface area contributed by atoms with Gasteiger partial charge in [0.1, 0.15) is 11.5 Å². The molecule has 2 saturated heterocycles. The van der Waals surface area contributed by atoms with Crippen LogP contribution in [0.25, 0.3) is 0 Å². The maximum atomic E-state index is 13.1. The quantitative estimate of drug-likeness (QED) is 0.811. The van der Waals surface area contributed by atoms with Gasteiger partial charge in [-0.15, -0.1) is 5.10 Å². The monoisotopic (exact) mass is 387 g/mol. The van der Waals surface area contributed by atoms with Crippen LogP contribution in [0.3, 0.4) is 0 Å². The van der Waals surface area contributed by atoms with Crippen LogP contribution < -0.4 is 16.0 Å².